The summed E-state index contributed by atoms with van der Waals surface area (Å²) < 4.78 is 11.0. The van der Waals surface area contributed by atoms with Crippen molar-refractivity contribution in [2.24, 2.45) is 0 Å². The van der Waals surface area contributed by atoms with Crippen LogP contribution in [0, 0.1) is 0 Å². The van der Waals surface area contributed by atoms with E-state index in [0.717, 1.165) is 17.9 Å². The zero-order valence-electron chi connectivity index (χ0n) is 11.7. The Labute approximate surface area is 110 Å². The third-order valence-corrected chi connectivity index (χ3v) is 3.01. The Morgan fingerprint density at radius 1 is 1.22 bits per heavy atom. The summed E-state index contributed by atoms with van der Waals surface area (Å²) in [6.45, 7) is 4.31. The molecule has 3 nitrogen and oxygen atoms in total. The van der Waals surface area contributed by atoms with Gasteiger partial charge in [-0.3, -0.25) is 0 Å². The molecule has 1 aromatic carbocycles. The minimum absolute atomic E-state index is 0.191. The Kier molecular flexibility index (Phi) is 6.40. The summed E-state index contributed by atoms with van der Waals surface area (Å²) in [4.78, 5) is 0. The van der Waals surface area contributed by atoms with Crippen molar-refractivity contribution in [3.05, 3.63) is 18.2 Å². The van der Waals surface area contributed by atoms with Gasteiger partial charge >= 0.3 is 0 Å². The number of anilines is 1. The van der Waals surface area contributed by atoms with Gasteiger partial charge in [-0.1, -0.05) is 26.2 Å². The zero-order chi connectivity index (χ0) is 13.4. The molecular formula is C15H25NO2. The van der Waals surface area contributed by atoms with Crippen molar-refractivity contribution in [1.82, 2.24) is 0 Å². The van der Waals surface area contributed by atoms with Crippen LogP contribution >= 0.6 is 0 Å². The van der Waals surface area contributed by atoms with E-state index in [4.69, 9.17) is 15.2 Å². The maximum Gasteiger partial charge on any atom is 0.146 e. The molecule has 0 aliphatic rings. The van der Waals surface area contributed by atoms with Crippen LogP contribution < -0.4 is 15.2 Å². The van der Waals surface area contributed by atoms with Crippen molar-refractivity contribution in [2.45, 2.75) is 52.1 Å². The van der Waals surface area contributed by atoms with Crippen LogP contribution in [0.1, 0.15) is 46.0 Å². The van der Waals surface area contributed by atoms with Crippen LogP contribution in [0.4, 0.5) is 5.69 Å². The monoisotopic (exact) mass is 251 g/mol. The van der Waals surface area contributed by atoms with E-state index in [-0.39, 0.29) is 6.10 Å². The van der Waals surface area contributed by atoms with E-state index >= 15 is 0 Å². The summed E-state index contributed by atoms with van der Waals surface area (Å²) in [5, 5.41) is 0. The third-order valence-electron chi connectivity index (χ3n) is 3.01. The van der Waals surface area contributed by atoms with Crippen LogP contribution in [-0.4, -0.2) is 13.2 Å². The number of hydrogen-bond acceptors (Lipinski definition) is 3. The summed E-state index contributed by atoms with van der Waals surface area (Å²) in [6.07, 6.45) is 6.30. The molecule has 0 saturated carbocycles. The van der Waals surface area contributed by atoms with Crippen LogP contribution in [0.25, 0.3) is 0 Å². The van der Waals surface area contributed by atoms with Gasteiger partial charge in [0.05, 0.1) is 18.9 Å². The molecule has 0 aliphatic carbocycles. The average Bonchev–Trinajstić information content (AvgIpc) is 2.37. The van der Waals surface area contributed by atoms with Gasteiger partial charge in [0, 0.05) is 6.07 Å². The molecule has 1 unspecified atom stereocenters. The molecule has 0 amide bonds. The number of nitrogen functional groups attached to an aromatic ring is 1. The molecule has 0 saturated heterocycles. The van der Waals surface area contributed by atoms with Gasteiger partial charge in [0.1, 0.15) is 11.5 Å². The summed E-state index contributed by atoms with van der Waals surface area (Å²) in [5.41, 5.74) is 6.55. The second-order valence-electron chi connectivity index (χ2n) is 4.68. The second kappa shape index (κ2) is 7.85. The van der Waals surface area contributed by atoms with Gasteiger partial charge in [-0.15, -0.1) is 0 Å². The van der Waals surface area contributed by atoms with Crippen LogP contribution in [0.3, 0.4) is 0 Å². The van der Waals surface area contributed by atoms with Gasteiger partial charge in [0.2, 0.25) is 0 Å². The summed E-state index contributed by atoms with van der Waals surface area (Å²) in [7, 11) is 1.64. The Bertz CT molecular complexity index is 352. The highest BCUT2D eigenvalue weighted by Crippen LogP contribution is 2.28. The van der Waals surface area contributed by atoms with Crippen LogP contribution in [-0.2, 0) is 0 Å². The van der Waals surface area contributed by atoms with E-state index in [2.05, 4.69) is 13.8 Å². The van der Waals surface area contributed by atoms with Crippen LogP contribution in [0.2, 0.25) is 0 Å². The van der Waals surface area contributed by atoms with E-state index in [9.17, 15) is 0 Å². The van der Waals surface area contributed by atoms with Crippen molar-refractivity contribution >= 4 is 5.69 Å². The molecule has 1 atom stereocenters. The molecule has 0 bridgehead atoms. The molecule has 0 aliphatic heterocycles. The number of methoxy groups -OCH3 is 1. The molecular weight excluding hydrogens is 226 g/mol. The summed E-state index contributed by atoms with van der Waals surface area (Å²) in [5.74, 6) is 1.50. The van der Waals surface area contributed by atoms with Gasteiger partial charge in [0.25, 0.3) is 0 Å². The molecule has 2 N–H and O–H groups in total. The predicted molar refractivity (Wildman–Crippen MR) is 76.3 cm³/mol. The van der Waals surface area contributed by atoms with Crippen molar-refractivity contribution in [1.29, 1.82) is 0 Å². The predicted octanol–water partition coefficient (Wildman–Crippen LogP) is 4.02. The number of benzene rings is 1. The van der Waals surface area contributed by atoms with Crippen molar-refractivity contribution in [3.63, 3.8) is 0 Å². The van der Waals surface area contributed by atoms with Crippen molar-refractivity contribution < 1.29 is 9.47 Å². The molecule has 0 spiro atoms. The Morgan fingerprint density at radius 3 is 2.67 bits per heavy atom. The number of unbranched alkanes of at least 4 members (excludes halogenated alkanes) is 3. The van der Waals surface area contributed by atoms with E-state index < -0.39 is 0 Å². The molecule has 1 rings (SSSR count). The van der Waals surface area contributed by atoms with Crippen molar-refractivity contribution in [2.75, 3.05) is 12.8 Å². The molecule has 18 heavy (non-hydrogen) atoms. The molecule has 0 fully saturated rings. The lowest BCUT2D eigenvalue weighted by Gasteiger charge is -2.16. The van der Waals surface area contributed by atoms with Gasteiger partial charge in [-0.05, 0) is 31.9 Å². The van der Waals surface area contributed by atoms with Gasteiger partial charge in [0.15, 0.2) is 0 Å². The topological polar surface area (TPSA) is 44.5 Å². The van der Waals surface area contributed by atoms with E-state index in [1.54, 1.807) is 7.11 Å². The molecule has 0 aromatic heterocycles. The minimum atomic E-state index is 0.191. The molecule has 1 aromatic rings. The first-order chi connectivity index (χ1) is 8.67. The SMILES string of the molecule is CCCCCCC(C)Oc1cc(OC)ccc1N. The van der Waals surface area contributed by atoms with Gasteiger partial charge < -0.3 is 15.2 Å². The van der Waals surface area contributed by atoms with E-state index in [1.165, 1.54) is 25.7 Å². The molecule has 102 valence electrons. The van der Waals surface area contributed by atoms with Crippen molar-refractivity contribution in [3.8, 4) is 11.5 Å². The maximum absolute atomic E-state index is 5.89. The Morgan fingerprint density at radius 2 is 2.00 bits per heavy atom. The van der Waals surface area contributed by atoms with Crippen LogP contribution in [0.5, 0.6) is 11.5 Å². The third kappa shape index (κ3) is 4.86. The lowest BCUT2D eigenvalue weighted by molar-refractivity contribution is 0.207. The number of rotatable bonds is 8. The number of nitrogens with two attached hydrogens (primary N) is 1. The highest BCUT2D eigenvalue weighted by Gasteiger charge is 2.08. The van der Waals surface area contributed by atoms with E-state index in [0.29, 0.717) is 5.69 Å². The molecule has 0 heterocycles. The summed E-state index contributed by atoms with van der Waals surface area (Å²) in [6, 6.07) is 5.50. The highest BCUT2D eigenvalue weighted by atomic mass is 16.5. The zero-order valence-corrected chi connectivity index (χ0v) is 11.7. The lowest BCUT2D eigenvalue weighted by Crippen LogP contribution is -2.12. The van der Waals surface area contributed by atoms with Gasteiger partial charge in [-0.2, -0.15) is 0 Å². The fourth-order valence-electron chi connectivity index (χ4n) is 1.88. The fourth-order valence-corrected chi connectivity index (χ4v) is 1.88. The first-order valence-corrected chi connectivity index (χ1v) is 6.77. The largest absolute Gasteiger partial charge is 0.497 e. The normalized spacial score (nSPS) is 12.2. The fraction of sp³-hybridized carbons (Fsp3) is 0.600. The lowest BCUT2D eigenvalue weighted by atomic mass is 10.1. The molecule has 0 radical (unpaired) electrons. The summed E-state index contributed by atoms with van der Waals surface area (Å²) >= 11 is 0. The highest BCUT2D eigenvalue weighted by molar-refractivity contribution is 5.55. The first kappa shape index (κ1) is 14.7. The quantitative estimate of drug-likeness (QED) is 0.560. The first-order valence-electron chi connectivity index (χ1n) is 6.77. The molecule has 3 heteroatoms. The Hall–Kier alpha value is -1.38. The van der Waals surface area contributed by atoms with Crippen LogP contribution in [0.15, 0.2) is 18.2 Å². The minimum Gasteiger partial charge on any atom is -0.497 e. The standard InChI is InChI=1S/C15H25NO2/c1-4-5-6-7-8-12(2)18-15-11-13(17-3)9-10-14(15)16/h9-12H,4-8,16H2,1-3H3. The Balaban J connectivity index is 2.45. The average molecular weight is 251 g/mol. The smallest absolute Gasteiger partial charge is 0.146 e. The second-order valence-corrected chi connectivity index (χ2v) is 4.68. The number of ether oxygens (including phenoxy) is 2. The van der Waals surface area contributed by atoms with Gasteiger partial charge in [-0.25, -0.2) is 0 Å². The maximum atomic E-state index is 5.89. The number of hydrogen-bond donors (Lipinski definition) is 1. The van der Waals surface area contributed by atoms with E-state index in [1.807, 2.05) is 18.2 Å².